The molecule has 1 aromatic heterocycles. The molecule has 1 unspecified atom stereocenters. The Labute approximate surface area is 94.0 Å². The van der Waals surface area contributed by atoms with Crippen LogP contribution in [0.1, 0.15) is 12.5 Å². The Morgan fingerprint density at radius 1 is 1.67 bits per heavy atom. The molecule has 0 saturated carbocycles. The van der Waals surface area contributed by atoms with E-state index in [9.17, 15) is 5.11 Å². The number of ether oxygens (including phenoxy) is 1. The maximum atomic E-state index is 9.36. The van der Waals surface area contributed by atoms with Gasteiger partial charge in [-0.1, -0.05) is 18.5 Å². The SMILES string of the molecule is COc1nccc(Cl)c1C(C)(CN)CO. The van der Waals surface area contributed by atoms with E-state index in [1.165, 1.54) is 7.11 Å². The molecule has 5 heteroatoms. The summed E-state index contributed by atoms with van der Waals surface area (Å²) in [7, 11) is 1.51. The van der Waals surface area contributed by atoms with Gasteiger partial charge in [-0.3, -0.25) is 0 Å². The first-order valence-electron chi connectivity index (χ1n) is 4.59. The van der Waals surface area contributed by atoms with Gasteiger partial charge in [0.2, 0.25) is 5.88 Å². The van der Waals surface area contributed by atoms with Crippen LogP contribution in [0.5, 0.6) is 5.88 Å². The zero-order valence-electron chi connectivity index (χ0n) is 8.83. The lowest BCUT2D eigenvalue weighted by atomic mass is 9.84. The van der Waals surface area contributed by atoms with E-state index < -0.39 is 5.41 Å². The molecule has 0 fully saturated rings. The first-order chi connectivity index (χ1) is 7.09. The topological polar surface area (TPSA) is 68.4 Å². The van der Waals surface area contributed by atoms with Gasteiger partial charge in [-0.15, -0.1) is 0 Å². The fourth-order valence-corrected chi connectivity index (χ4v) is 1.73. The summed E-state index contributed by atoms with van der Waals surface area (Å²) in [5.41, 5.74) is 5.66. The van der Waals surface area contributed by atoms with Gasteiger partial charge in [0.15, 0.2) is 0 Å². The van der Waals surface area contributed by atoms with E-state index in [0.717, 1.165) is 0 Å². The van der Waals surface area contributed by atoms with Crippen molar-refractivity contribution < 1.29 is 9.84 Å². The van der Waals surface area contributed by atoms with Crippen molar-refractivity contribution >= 4 is 11.6 Å². The first-order valence-corrected chi connectivity index (χ1v) is 4.96. The lowest BCUT2D eigenvalue weighted by Gasteiger charge is -2.27. The second kappa shape index (κ2) is 4.79. The van der Waals surface area contributed by atoms with E-state index in [1.54, 1.807) is 12.3 Å². The number of aliphatic hydroxyl groups excluding tert-OH is 1. The molecule has 3 N–H and O–H groups in total. The third-order valence-electron chi connectivity index (χ3n) is 2.46. The molecule has 0 aliphatic heterocycles. The Balaban J connectivity index is 3.33. The molecule has 0 aliphatic rings. The van der Waals surface area contributed by atoms with E-state index in [4.69, 9.17) is 22.1 Å². The molecule has 15 heavy (non-hydrogen) atoms. The van der Waals surface area contributed by atoms with Crippen LogP contribution in [0.3, 0.4) is 0 Å². The van der Waals surface area contributed by atoms with Crippen LogP contribution in [-0.2, 0) is 5.41 Å². The molecule has 0 amide bonds. The lowest BCUT2D eigenvalue weighted by Crippen LogP contribution is -2.36. The summed E-state index contributed by atoms with van der Waals surface area (Å²) in [5.74, 6) is 0.407. The van der Waals surface area contributed by atoms with Crippen LogP contribution in [0.2, 0.25) is 5.02 Å². The maximum absolute atomic E-state index is 9.36. The van der Waals surface area contributed by atoms with Gasteiger partial charge in [-0.2, -0.15) is 0 Å². The number of hydrogen-bond acceptors (Lipinski definition) is 4. The van der Waals surface area contributed by atoms with Gasteiger partial charge in [0, 0.05) is 23.7 Å². The van der Waals surface area contributed by atoms with Gasteiger partial charge in [-0.05, 0) is 6.07 Å². The van der Waals surface area contributed by atoms with Crippen LogP contribution in [0.25, 0.3) is 0 Å². The van der Waals surface area contributed by atoms with Gasteiger partial charge in [0.25, 0.3) is 0 Å². The standard InChI is InChI=1S/C10H15ClN2O2/c1-10(5-12,6-14)8-7(11)3-4-13-9(8)15-2/h3-4,14H,5-6,12H2,1-2H3. The molecule has 0 bridgehead atoms. The third-order valence-corrected chi connectivity index (χ3v) is 2.78. The average Bonchev–Trinajstić information content (AvgIpc) is 2.27. The van der Waals surface area contributed by atoms with Crippen molar-refractivity contribution in [1.82, 2.24) is 4.98 Å². The summed E-state index contributed by atoms with van der Waals surface area (Å²) < 4.78 is 5.11. The van der Waals surface area contributed by atoms with Crippen LogP contribution in [0.4, 0.5) is 0 Å². The largest absolute Gasteiger partial charge is 0.481 e. The monoisotopic (exact) mass is 230 g/mol. The summed E-state index contributed by atoms with van der Waals surface area (Å²) in [4.78, 5) is 4.05. The molecule has 84 valence electrons. The van der Waals surface area contributed by atoms with E-state index in [0.29, 0.717) is 16.5 Å². The normalized spacial score (nSPS) is 14.7. The summed E-state index contributed by atoms with van der Waals surface area (Å²) >= 11 is 6.06. The fraction of sp³-hybridized carbons (Fsp3) is 0.500. The number of rotatable bonds is 4. The Bertz CT molecular complexity index is 340. The molecule has 1 atom stereocenters. The molecular weight excluding hydrogens is 216 g/mol. The van der Waals surface area contributed by atoms with E-state index in [-0.39, 0.29) is 13.2 Å². The number of hydrogen-bond donors (Lipinski definition) is 2. The minimum absolute atomic E-state index is 0.106. The summed E-state index contributed by atoms with van der Waals surface area (Å²) in [5, 5.41) is 9.86. The van der Waals surface area contributed by atoms with Crippen LogP contribution in [0.15, 0.2) is 12.3 Å². The fourth-order valence-electron chi connectivity index (χ4n) is 1.37. The number of aliphatic hydroxyl groups is 1. The zero-order chi connectivity index (χ0) is 11.5. The van der Waals surface area contributed by atoms with Crippen LogP contribution in [-0.4, -0.2) is 30.4 Å². The molecule has 0 radical (unpaired) electrons. The summed E-state index contributed by atoms with van der Waals surface area (Å²) in [6.45, 7) is 1.98. The number of halogens is 1. The summed E-state index contributed by atoms with van der Waals surface area (Å²) in [6.07, 6.45) is 1.55. The Hall–Kier alpha value is -0.840. The second-order valence-electron chi connectivity index (χ2n) is 3.60. The second-order valence-corrected chi connectivity index (χ2v) is 4.01. The number of nitrogens with zero attached hydrogens (tertiary/aromatic N) is 1. The Morgan fingerprint density at radius 2 is 2.33 bits per heavy atom. The van der Waals surface area contributed by atoms with Crippen molar-refractivity contribution in [3.63, 3.8) is 0 Å². The minimum atomic E-state index is -0.628. The number of nitrogens with two attached hydrogens (primary N) is 1. The van der Waals surface area contributed by atoms with Crippen molar-refractivity contribution in [2.24, 2.45) is 5.73 Å². The Morgan fingerprint density at radius 3 is 2.80 bits per heavy atom. The first kappa shape index (κ1) is 12.2. The number of methoxy groups -OCH3 is 1. The highest BCUT2D eigenvalue weighted by molar-refractivity contribution is 6.31. The highest BCUT2D eigenvalue weighted by Crippen LogP contribution is 2.34. The van der Waals surface area contributed by atoms with Crippen molar-refractivity contribution in [2.75, 3.05) is 20.3 Å². The molecule has 1 aromatic rings. The molecule has 1 rings (SSSR count). The van der Waals surface area contributed by atoms with Crippen molar-refractivity contribution in [3.05, 3.63) is 22.8 Å². The highest BCUT2D eigenvalue weighted by atomic mass is 35.5. The molecule has 0 saturated heterocycles. The van der Waals surface area contributed by atoms with E-state index >= 15 is 0 Å². The zero-order valence-corrected chi connectivity index (χ0v) is 9.58. The molecule has 0 spiro atoms. The van der Waals surface area contributed by atoms with Gasteiger partial charge in [-0.25, -0.2) is 4.98 Å². The number of pyridine rings is 1. The van der Waals surface area contributed by atoms with Crippen LogP contribution in [0, 0.1) is 0 Å². The van der Waals surface area contributed by atoms with Gasteiger partial charge in [0.05, 0.1) is 18.7 Å². The van der Waals surface area contributed by atoms with E-state index in [2.05, 4.69) is 4.98 Å². The lowest BCUT2D eigenvalue weighted by molar-refractivity contribution is 0.206. The molecule has 0 aliphatic carbocycles. The van der Waals surface area contributed by atoms with Crippen LogP contribution >= 0.6 is 11.6 Å². The van der Waals surface area contributed by atoms with Crippen molar-refractivity contribution in [3.8, 4) is 5.88 Å². The van der Waals surface area contributed by atoms with E-state index in [1.807, 2.05) is 6.92 Å². The quantitative estimate of drug-likeness (QED) is 0.808. The van der Waals surface area contributed by atoms with Crippen molar-refractivity contribution in [1.29, 1.82) is 0 Å². The molecule has 4 nitrogen and oxygen atoms in total. The molecule has 0 aromatic carbocycles. The van der Waals surface area contributed by atoms with Gasteiger partial charge in [0.1, 0.15) is 0 Å². The molecular formula is C10H15ClN2O2. The predicted molar refractivity (Wildman–Crippen MR) is 59.3 cm³/mol. The molecule has 1 heterocycles. The summed E-state index contributed by atoms with van der Waals surface area (Å²) in [6, 6.07) is 1.66. The highest BCUT2D eigenvalue weighted by Gasteiger charge is 2.30. The minimum Gasteiger partial charge on any atom is -0.481 e. The number of aromatic nitrogens is 1. The third kappa shape index (κ3) is 2.22. The van der Waals surface area contributed by atoms with Crippen LogP contribution < -0.4 is 10.5 Å². The smallest absolute Gasteiger partial charge is 0.218 e. The van der Waals surface area contributed by atoms with Crippen molar-refractivity contribution in [2.45, 2.75) is 12.3 Å². The van der Waals surface area contributed by atoms with Gasteiger partial charge < -0.3 is 15.6 Å². The Kier molecular flexibility index (Phi) is 3.90. The van der Waals surface area contributed by atoms with Gasteiger partial charge >= 0.3 is 0 Å². The average molecular weight is 231 g/mol. The maximum Gasteiger partial charge on any atom is 0.218 e. The predicted octanol–water partition coefficient (Wildman–Crippen LogP) is 0.952.